The van der Waals surface area contributed by atoms with Gasteiger partial charge in [0.15, 0.2) is 6.10 Å². The van der Waals surface area contributed by atoms with Gasteiger partial charge in [-0.2, -0.15) is 0 Å². The summed E-state index contributed by atoms with van der Waals surface area (Å²) in [5.41, 5.74) is 0. The summed E-state index contributed by atoms with van der Waals surface area (Å²) in [5, 5.41) is 0. The quantitative estimate of drug-likeness (QED) is 0.0262. The van der Waals surface area contributed by atoms with E-state index in [1.807, 2.05) is 0 Å². The van der Waals surface area contributed by atoms with E-state index >= 15 is 0 Å². The molecule has 0 aliphatic rings. The Bertz CT molecular complexity index is 1250. The fraction of sp³-hybridized carbons (Fsp3) is 0.794. The van der Waals surface area contributed by atoms with E-state index in [0.29, 0.717) is 19.3 Å². The molecule has 0 aliphatic carbocycles. The van der Waals surface area contributed by atoms with E-state index in [1.54, 1.807) is 0 Å². The molecule has 0 fully saturated rings. The molecule has 0 aromatic rings. The maximum Gasteiger partial charge on any atom is 0.306 e. The summed E-state index contributed by atoms with van der Waals surface area (Å²) in [6.45, 7) is 6.52. The number of hydrogen-bond acceptors (Lipinski definition) is 6. The minimum Gasteiger partial charge on any atom is -0.462 e. The molecule has 0 saturated heterocycles. The van der Waals surface area contributed by atoms with Crippen LogP contribution in [0.2, 0.25) is 0 Å². The monoisotopic (exact) mass is 965 g/mol. The molecule has 6 heteroatoms. The first kappa shape index (κ1) is 66.1. The number of carbonyl (C=O) groups excluding carboxylic acids is 3. The van der Waals surface area contributed by atoms with Crippen molar-refractivity contribution in [2.45, 2.75) is 309 Å². The number of unbranched alkanes of at least 4 members (excludes halogenated alkanes) is 33. The molecule has 0 aromatic carbocycles. The molecule has 0 amide bonds. The van der Waals surface area contributed by atoms with Gasteiger partial charge in [-0.3, -0.25) is 14.4 Å². The average molecular weight is 966 g/mol. The highest BCUT2D eigenvalue weighted by Crippen LogP contribution is 2.17. The standard InChI is InChI=1S/C63H112O6/c1-4-7-10-13-16-19-22-25-28-31-33-35-38-41-44-47-50-53-56-62(65)68-59-60(58-67-61(64)55-52-49-46-43-40-37-34-30-27-24-21-18-15-12-9-6-3)69-63(66)57-54-51-48-45-42-39-36-32-29-26-23-20-17-14-11-8-5-2/h8,11,17,20,26,29,36,39,45,48,60H,4-7,9-10,12-16,18-19,21-25,27-28,30-35,37-38,40-44,46-47,49-59H2,1-3H3/b11-8+,20-17+,29-26+,39-36+,48-45+/t60-/m1/s1. The van der Waals surface area contributed by atoms with Gasteiger partial charge in [-0.15, -0.1) is 0 Å². The largest absolute Gasteiger partial charge is 0.462 e. The van der Waals surface area contributed by atoms with Gasteiger partial charge in [0.05, 0.1) is 0 Å². The molecule has 69 heavy (non-hydrogen) atoms. The van der Waals surface area contributed by atoms with Crippen molar-refractivity contribution in [1.82, 2.24) is 0 Å². The van der Waals surface area contributed by atoms with E-state index in [-0.39, 0.29) is 37.5 Å². The molecule has 0 bridgehead atoms. The van der Waals surface area contributed by atoms with E-state index in [2.05, 4.69) is 81.5 Å². The van der Waals surface area contributed by atoms with Crippen LogP contribution < -0.4 is 0 Å². The second-order valence-electron chi connectivity index (χ2n) is 19.9. The van der Waals surface area contributed by atoms with Crippen LogP contribution in [0.1, 0.15) is 303 Å². The molecule has 0 N–H and O–H groups in total. The topological polar surface area (TPSA) is 78.9 Å². The highest BCUT2D eigenvalue weighted by atomic mass is 16.6. The van der Waals surface area contributed by atoms with Crippen molar-refractivity contribution in [1.29, 1.82) is 0 Å². The summed E-state index contributed by atoms with van der Waals surface area (Å²) < 4.78 is 16.8. The number of esters is 3. The average Bonchev–Trinajstić information content (AvgIpc) is 3.35. The first-order valence-corrected chi connectivity index (χ1v) is 29.8. The van der Waals surface area contributed by atoms with E-state index in [9.17, 15) is 14.4 Å². The second kappa shape index (κ2) is 57.7. The van der Waals surface area contributed by atoms with Gasteiger partial charge in [0.2, 0.25) is 0 Å². The van der Waals surface area contributed by atoms with Crippen molar-refractivity contribution in [2.24, 2.45) is 0 Å². The van der Waals surface area contributed by atoms with Gasteiger partial charge in [-0.05, 0) is 57.8 Å². The summed E-state index contributed by atoms with van der Waals surface area (Å²) in [6, 6.07) is 0. The number of hydrogen-bond donors (Lipinski definition) is 0. The molecule has 1 atom stereocenters. The second-order valence-corrected chi connectivity index (χ2v) is 19.9. The maximum atomic E-state index is 12.8. The summed E-state index contributed by atoms with van der Waals surface area (Å²) in [6.07, 6.45) is 72.2. The summed E-state index contributed by atoms with van der Waals surface area (Å²) >= 11 is 0. The van der Waals surface area contributed by atoms with Crippen LogP contribution in [-0.2, 0) is 28.6 Å². The van der Waals surface area contributed by atoms with Crippen molar-refractivity contribution in [2.75, 3.05) is 13.2 Å². The van der Waals surface area contributed by atoms with E-state index < -0.39 is 6.10 Å². The molecule has 0 rings (SSSR count). The lowest BCUT2D eigenvalue weighted by Crippen LogP contribution is -2.30. The molecule has 6 nitrogen and oxygen atoms in total. The zero-order valence-corrected chi connectivity index (χ0v) is 45.8. The Labute approximate surface area is 428 Å². The molecule has 0 aliphatic heterocycles. The zero-order chi connectivity index (χ0) is 50.0. The Morgan fingerprint density at radius 2 is 0.565 bits per heavy atom. The van der Waals surface area contributed by atoms with Gasteiger partial charge in [0.25, 0.3) is 0 Å². The Morgan fingerprint density at radius 3 is 0.870 bits per heavy atom. The molecule has 0 spiro atoms. The van der Waals surface area contributed by atoms with Crippen LogP contribution in [0.5, 0.6) is 0 Å². The molecular formula is C63H112O6. The lowest BCUT2D eigenvalue weighted by atomic mass is 10.0. The van der Waals surface area contributed by atoms with Crippen LogP contribution in [0, 0.1) is 0 Å². The first-order chi connectivity index (χ1) is 34.0. The molecule has 0 unspecified atom stereocenters. The maximum absolute atomic E-state index is 12.8. The van der Waals surface area contributed by atoms with E-state index in [0.717, 1.165) is 77.0 Å². The van der Waals surface area contributed by atoms with Gasteiger partial charge < -0.3 is 14.2 Å². The van der Waals surface area contributed by atoms with Crippen LogP contribution in [-0.4, -0.2) is 37.2 Å². The Balaban J connectivity index is 4.42. The predicted molar refractivity (Wildman–Crippen MR) is 298 cm³/mol. The van der Waals surface area contributed by atoms with Crippen LogP contribution in [0.25, 0.3) is 0 Å². The van der Waals surface area contributed by atoms with Gasteiger partial charge in [-0.1, -0.05) is 287 Å². The highest BCUT2D eigenvalue weighted by molar-refractivity contribution is 5.71. The van der Waals surface area contributed by atoms with Gasteiger partial charge >= 0.3 is 17.9 Å². The normalized spacial score (nSPS) is 12.4. The minimum absolute atomic E-state index is 0.0925. The third kappa shape index (κ3) is 55.9. The molecule has 0 saturated carbocycles. The highest BCUT2D eigenvalue weighted by Gasteiger charge is 2.19. The van der Waals surface area contributed by atoms with Crippen LogP contribution in [0.3, 0.4) is 0 Å². The molecule has 400 valence electrons. The van der Waals surface area contributed by atoms with Gasteiger partial charge in [-0.25, -0.2) is 0 Å². The number of ether oxygens (including phenoxy) is 3. The van der Waals surface area contributed by atoms with Crippen molar-refractivity contribution in [3.63, 3.8) is 0 Å². The van der Waals surface area contributed by atoms with Crippen LogP contribution >= 0.6 is 0 Å². The molecular weight excluding hydrogens is 853 g/mol. The summed E-state index contributed by atoms with van der Waals surface area (Å²) in [4.78, 5) is 38.2. The molecule has 0 radical (unpaired) electrons. The van der Waals surface area contributed by atoms with Crippen molar-refractivity contribution >= 4 is 17.9 Å². The lowest BCUT2D eigenvalue weighted by Gasteiger charge is -2.18. The molecule has 0 aromatic heterocycles. The summed E-state index contributed by atoms with van der Waals surface area (Å²) in [7, 11) is 0. The zero-order valence-electron chi connectivity index (χ0n) is 45.8. The predicted octanol–water partition coefficient (Wildman–Crippen LogP) is 20.0. The van der Waals surface area contributed by atoms with E-state index in [4.69, 9.17) is 14.2 Å². The van der Waals surface area contributed by atoms with Crippen LogP contribution in [0.4, 0.5) is 0 Å². The first-order valence-electron chi connectivity index (χ1n) is 29.8. The Morgan fingerprint density at radius 1 is 0.304 bits per heavy atom. The third-order valence-corrected chi connectivity index (χ3v) is 13.0. The third-order valence-electron chi connectivity index (χ3n) is 13.0. The minimum atomic E-state index is -0.801. The Hall–Kier alpha value is -2.89. The summed E-state index contributed by atoms with van der Waals surface area (Å²) in [5.74, 6) is -0.934. The number of rotatable bonds is 54. The van der Waals surface area contributed by atoms with Gasteiger partial charge in [0.1, 0.15) is 13.2 Å². The van der Waals surface area contributed by atoms with Gasteiger partial charge in [0, 0.05) is 19.3 Å². The van der Waals surface area contributed by atoms with Crippen molar-refractivity contribution in [3.05, 3.63) is 60.8 Å². The fourth-order valence-corrected chi connectivity index (χ4v) is 8.60. The Kier molecular flexibility index (Phi) is 55.3. The molecule has 0 heterocycles. The van der Waals surface area contributed by atoms with E-state index in [1.165, 1.54) is 180 Å². The van der Waals surface area contributed by atoms with Crippen molar-refractivity contribution in [3.8, 4) is 0 Å². The van der Waals surface area contributed by atoms with Crippen molar-refractivity contribution < 1.29 is 28.6 Å². The fourth-order valence-electron chi connectivity index (χ4n) is 8.60. The smallest absolute Gasteiger partial charge is 0.306 e. The lowest BCUT2D eigenvalue weighted by molar-refractivity contribution is -0.167. The SMILES string of the molecule is CC/C=C/C/C=C/C/C=C/C/C=C/C/C=C/CCCC(=O)O[C@H](COC(=O)CCCCCCCCCCCCCCCCCC)COC(=O)CCCCCCCCCCCCCCCCCCCC. The number of allylic oxidation sites excluding steroid dienone is 10. The van der Waals surface area contributed by atoms with Crippen LogP contribution in [0.15, 0.2) is 60.8 Å². The number of carbonyl (C=O) groups is 3.